The summed E-state index contributed by atoms with van der Waals surface area (Å²) in [6.45, 7) is -0.227. The fourth-order valence-electron chi connectivity index (χ4n) is 0.868. The van der Waals surface area contributed by atoms with Crippen LogP contribution < -0.4 is 5.73 Å². The average Bonchev–Trinajstić information content (AvgIpc) is 2.32. The Hall–Kier alpha value is -1.06. The Morgan fingerprint density at radius 1 is 1.29 bits per heavy atom. The van der Waals surface area contributed by atoms with Crippen molar-refractivity contribution in [1.82, 2.24) is 0 Å². The van der Waals surface area contributed by atoms with Crippen LogP contribution in [0.2, 0.25) is 0 Å². The Bertz CT molecular complexity index is 268. The molecule has 0 aromatic heterocycles. The maximum atomic E-state index is 11.2. The maximum absolute atomic E-state index is 11.2. The van der Waals surface area contributed by atoms with Crippen LogP contribution in [0, 0.1) is 0 Å². The van der Waals surface area contributed by atoms with E-state index in [-0.39, 0.29) is 0 Å². The van der Waals surface area contributed by atoms with Crippen LogP contribution in [0.5, 0.6) is 0 Å². The molecule has 0 aliphatic rings. The summed E-state index contributed by atoms with van der Waals surface area (Å²) in [5.41, 5.74) is 5.16. The van der Waals surface area contributed by atoms with Crippen molar-refractivity contribution >= 4 is 11.8 Å². The van der Waals surface area contributed by atoms with Gasteiger partial charge in [-0.2, -0.15) is 0 Å². The maximum Gasteiger partial charge on any atom is 0.323 e. The van der Waals surface area contributed by atoms with Gasteiger partial charge in [0.2, 0.25) is 5.78 Å². The van der Waals surface area contributed by atoms with Crippen LogP contribution in [0.1, 0.15) is 6.92 Å². The SMILES string of the molecule is C[C@H](N)C(=O)OCC(=O)[C@@H](O)[C@H](O)[C@H](O)CO. The van der Waals surface area contributed by atoms with Gasteiger partial charge in [-0.05, 0) is 6.92 Å². The average molecular weight is 251 g/mol. The van der Waals surface area contributed by atoms with Crippen molar-refractivity contribution in [3.63, 3.8) is 0 Å². The zero-order valence-corrected chi connectivity index (χ0v) is 9.31. The number of hydrogen-bond acceptors (Lipinski definition) is 8. The molecule has 0 saturated carbocycles. The van der Waals surface area contributed by atoms with Gasteiger partial charge >= 0.3 is 5.97 Å². The van der Waals surface area contributed by atoms with E-state index in [4.69, 9.17) is 15.9 Å². The molecule has 4 atom stereocenters. The van der Waals surface area contributed by atoms with Crippen LogP contribution in [-0.2, 0) is 14.3 Å². The zero-order chi connectivity index (χ0) is 13.6. The van der Waals surface area contributed by atoms with Crippen LogP contribution in [-0.4, -0.2) is 69.7 Å². The number of carbonyl (C=O) groups is 2. The van der Waals surface area contributed by atoms with Crippen molar-refractivity contribution in [2.45, 2.75) is 31.3 Å². The van der Waals surface area contributed by atoms with Gasteiger partial charge in [0.15, 0.2) is 6.61 Å². The first-order chi connectivity index (χ1) is 7.81. The van der Waals surface area contributed by atoms with Crippen LogP contribution >= 0.6 is 0 Å². The molecule has 0 radical (unpaired) electrons. The Kier molecular flexibility index (Phi) is 6.85. The highest BCUT2D eigenvalue weighted by molar-refractivity contribution is 5.87. The molecule has 6 N–H and O–H groups in total. The first-order valence-electron chi connectivity index (χ1n) is 4.91. The third-order valence-electron chi connectivity index (χ3n) is 1.96. The highest BCUT2D eigenvalue weighted by Gasteiger charge is 2.30. The van der Waals surface area contributed by atoms with Gasteiger partial charge in [0, 0.05) is 0 Å². The number of nitrogens with two attached hydrogens (primary N) is 1. The van der Waals surface area contributed by atoms with Gasteiger partial charge in [0.1, 0.15) is 24.4 Å². The lowest BCUT2D eigenvalue weighted by molar-refractivity contribution is -0.155. The number of ether oxygens (including phenoxy) is 1. The molecule has 8 heteroatoms. The van der Waals surface area contributed by atoms with E-state index >= 15 is 0 Å². The first kappa shape index (κ1) is 15.9. The van der Waals surface area contributed by atoms with Crippen molar-refractivity contribution < 1.29 is 34.8 Å². The number of aliphatic hydroxyl groups is 4. The number of rotatable bonds is 7. The first-order valence-corrected chi connectivity index (χ1v) is 4.91. The van der Waals surface area contributed by atoms with E-state index in [2.05, 4.69) is 4.74 Å². The lowest BCUT2D eigenvalue weighted by atomic mass is 10.1. The molecular weight excluding hydrogens is 234 g/mol. The van der Waals surface area contributed by atoms with Crippen molar-refractivity contribution in [1.29, 1.82) is 0 Å². The quantitative estimate of drug-likeness (QED) is 0.293. The topological polar surface area (TPSA) is 150 Å². The fourth-order valence-corrected chi connectivity index (χ4v) is 0.868. The lowest BCUT2D eigenvalue weighted by Crippen LogP contribution is -2.45. The van der Waals surface area contributed by atoms with Crippen LogP contribution in [0.3, 0.4) is 0 Å². The van der Waals surface area contributed by atoms with Crippen LogP contribution in [0.15, 0.2) is 0 Å². The van der Waals surface area contributed by atoms with Gasteiger partial charge in [-0.3, -0.25) is 9.59 Å². The lowest BCUT2D eigenvalue weighted by Gasteiger charge is -2.20. The number of hydrogen-bond donors (Lipinski definition) is 5. The van der Waals surface area contributed by atoms with E-state index in [1.54, 1.807) is 0 Å². The fraction of sp³-hybridized carbons (Fsp3) is 0.778. The summed E-state index contributed by atoms with van der Waals surface area (Å²) in [4.78, 5) is 22.1. The molecule has 0 saturated heterocycles. The molecule has 0 unspecified atom stereocenters. The number of ketones is 1. The monoisotopic (exact) mass is 251 g/mol. The summed E-state index contributed by atoms with van der Waals surface area (Å²) < 4.78 is 4.42. The molecule has 0 bridgehead atoms. The molecule has 0 aliphatic carbocycles. The number of carbonyl (C=O) groups excluding carboxylic acids is 2. The van der Waals surface area contributed by atoms with Gasteiger partial charge in [-0.15, -0.1) is 0 Å². The van der Waals surface area contributed by atoms with Gasteiger partial charge in [0.05, 0.1) is 6.61 Å². The molecule has 0 aromatic carbocycles. The van der Waals surface area contributed by atoms with E-state index in [1.165, 1.54) is 6.92 Å². The molecule has 8 nitrogen and oxygen atoms in total. The molecule has 0 amide bonds. The second-order valence-corrected chi connectivity index (χ2v) is 3.55. The van der Waals surface area contributed by atoms with Gasteiger partial charge in [-0.1, -0.05) is 0 Å². The Morgan fingerprint density at radius 3 is 2.24 bits per heavy atom. The molecule has 0 aliphatic heterocycles. The molecule has 0 heterocycles. The van der Waals surface area contributed by atoms with Crippen molar-refractivity contribution in [3.05, 3.63) is 0 Å². The highest BCUT2D eigenvalue weighted by Crippen LogP contribution is 2.02. The van der Waals surface area contributed by atoms with E-state index in [0.29, 0.717) is 0 Å². The van der Waals surface area contributed by atoms with E-state index in [9.17, 15) is 19.8 Å². The smallest absolute Gasteiger partial charge is 0.323 e. The largest absolute Gasteiger partial charge is 0.456 e. The van der Waals surface area contributed by atoms with E-state index in [0.717, 1.165) is 0 Å². The second kappa shape index (κ2) is 7.30. The molecule has 0 spiro atoms. The van der Waals surface area contributed by atoms with Crippen molar-refractivity contribution in [3.8, 4) is 0 Å². The Balaban J connectivity index is 4.19. The summed E-state index contributed by atoms with van der Waals surface area (Å²) in [6, 6.07) is -0.909. The summed E-state index contributed by atoms with van der Waals surface area (Å²) in [6.07, 6.45) is -5.45. The van der Waals surface area contributed by atoms with Gasteiger partial charge in [0.25, 0.3) is 0 Å². The van der Waals surface area contributed by atoms with Crippen molar-refractivity contribution in [2.75, 3.05) is 13.2 Å². The number of Topliss-reactive ketones (excluding diaryl/α,β-unsaturated/α-hetero) is 1. The summed E-state index contributed by atoms with van der Waals surface area (Å²) in [5.74, 6) is -1.83. The second-order valence-electron chi connectivity index (χ2n) is 3.55. The number of esters is 1. The summed E-state index contributed by atoms with van der Waals surface area (Å²) in [5, 5.41) is 35.9. The third-order valence-corrected chi connectivity index (χ3v) is 1.96. The van der Waals surface area contributed by atoms with E-state index in [1.807, 2.05) is 0 Å². The predicted molar refractivity (Wildman–Crippen MR) is 54.7 cm³/mol. The zero-order valence-electron chi connectivity index (χ0n) is 9.31. The summed E-state index contributed by atoms with van der Waals surface area (Å²) in [7, 11) is 0. The third kappa shape index (κ3) is 5.20. The number of aliphatic hydroxyl groups excluding tert-OH is 4. The van der Waals surface area contributed by atoms with Crippen LogP contribution in [0.25, 0.3) is 0 Å². The minimum absolute atomic E-state index is 0.767. The normalized spacial score (nSPS) is 18.0. The molecule has 0 fully saturated rings. The minimum Gasteiger partial charge on any atom is -0.456 e. The van der Waals surface area contributed by atoms with Gasteiger partial charge < -0.3 is 30.9 Å². The highest BCUT2D eigenvalue weighted by atomic mass is 16.5. The predicted octanol–water partition coefficient (Wildman–Crippen LogP) is -3.48. The Morgan fingerprint density at radius 2 is 1.82 bits per heavy atom. The summed E-state index contributed by atoms with van der Waals surface area (Å²) >= 11 is 0. The Labute approximate surface area is 97.6 Å². The minimum atomic E-state index is -1.95. The molecule has 17 heavy (non-hydrogen) atoms. The van der Waals surface area contributed by atoms with Crippen LogP contribution in [0.4, 0.5) is 0 Å². The van der Waals surface area contributed by atoms with Gasteiger partial charge in [-0.25, -0.2) is 0 Å². The molecular formula is C9H17NO7. The molecule has 0 rings (SSSR count). The standard InChI is InChI=1S/C9H17NO7/c1-4(10)9(16)17-3-6(13)8(15)7(14)5(12)2-11/h4-5,7-8,11-12,14-15H,2-3,10H2,1H3/t4-,5+,7+,8+/m0/s1. The molecule has 100 valence electrons. The molecule has 0 aromatic rings. The van der Waals surface area contributed by atoms with Crippen molar-refractivity contribution in [2.24, 2.45) is 5.73 Å². The van der Waals surface area contributed by atoms with E-state index < -0.39 is 49.3 Å².